The van der Waals surface area contributed by atoms with E-state index in [0.717, 1.165) is 38.7 Å². The number of thiophene rings is 1. The molecule has 0 radical (unpaired) electrons. The second-order valence-electron chi connectivity index (χ2n) is 6.19. The lowest BCUT2D eigenvalue weighted by molar-refractivity contribution is 0.196. The summed E-state index contributed by atoms with van der Waals surface area (Å²) in [6.45, 7) is 7.44. The SMILES string of the molecule is CC(CN=C(N)N1CCCCC1)N1CCc2sccc2C1. The third kappa shape index (κ3) is 3.58. The number of likely N-dealkylation sites (tertiary alicyclic amines) is 1. The number of guanidine groups is 1. The van der Waals surface area contributed by atoms with Crippen molar-refractivity contribution in [3.8, 4) is 0 Å². The van der Waals surface area contributed by atoms with Gasteiger partial charge in [0.15, 0.2) is 5.96 Å². The van der Waals surface area contributed by atoms with Crippen molar-refractivity contribution in [1.82, 2.24) is 9.80 Å². The van der Waals surface area contributed by atoms with Crippen molar-refractivity contribution in [3.05, 3.63) is 21.9 Å². The van der Waals surface area contributed by atoms with Gasteiger partial charge in [-0.3, -0.25) is 9.89 Å². The van der Waals surface area contributed by atoms with Gasteiger partial charge in [0, 0.05) is 37.1 Å². The zero-order valence-electron chi connectivity index (χ0n) is 12.9. The molecule has 1 saturated heterocycles. The minimum absolute atomic E-state index is 0.460. The van der Waals surface area contributed by atoms with Gasteiger partial charge in [-0.05, 0) is 49.6 Å². The Hall–Kier alpha value is -1.07. The maximum Gasteiger partial charge on any atom is 0.191 e. The number of hydrogen-bond acceptors (Lipinski definition) is 3. The van der Waals surface area contributed by atoms with Gasteiger partial charge in [0.2, 0.25) is 0 Å². The van der Waals surface area contributed by atoms with E-state index in [-0.39, 0.29) is 0 Å². The molecule has 1 unspecified atom stereocenters. The predicted octanol–water partition coefficient (Wildman–Crippen LogP) is 2.30. The average molecular weight is 306 g/mol. The van der Waals surface area contributed by atoms with E-state index in [2.05, 4.69) is 33.2 Å². The molecular formula is C16H26N4S. The molecule has 116 valence electrons. The summed E-state index contributed by atoms with van der Waals surface area (Å²) in [5.74, 6) is 0.745. The Labute approximate surface area is 131 Å². The fraction of sp³-hybridized carbons (Fsp3) is 0.688. The first-order valence-corrected chi connectivity index (χ1v) is 8.96. The van der Waals surface area contributed by atoms with Crippen molar-refractivity contribution in [2.75, 3.05) is 26.2 Å². The van der Waals surface area contributed by atoms with Crippen molar-refractivity contribution in [2.24, 2.45) is 10.7 Å². The highest BCUT2D eigenvalue weighted by Gasteiger charge is 2.21. The predicted molar refractivity (Wildman–Crippen MR) is 89.8 cm³/mol. The topological polar surface area (TPSA) is 44.9 Å². The van der Waals surface area contributed by atoms with Crippen LogP contribution in [0.25, 0.3) is 0 Å². The van der Waals surface area contributed by atoms with E-state index in [4.69, 9.17) is 5.73 Å². The van der Waals surface area contributed by atoms with Gasteiger partial charge < -0.3 is 10.6 Å². The van der Waals surface area contributed by atoms with E-state index in [1.807, 2.05) is 11.3 Å². The minimum Gasteiger partial charge on any atom is -0.370 e. The number of nitrogens with zero attached hydrogens (tertiary/aromatic N) is 3. The Morgan fingerprint density at radius 3 is 2.95 bits per heavy atom. The summed E-state index contributed by atoms with van der Waals surface area (Å²) in [6, 6.07) is 2.73. The van der Waals surface area contributed by atoms with Crippen LogP contribution >= 0.6 is 11.3 Å². The van der Waals surface area contributed by atoms with Crippen LogP contribution in [0.4, 0.5) is 0 Å². The van der Waals surface area contributed by atoms with Crippen LogP contribution in [0.5, 0.6) is 0 Å². The molecule has 0 aromatic carbocycles. The molecule has 4 nitrogen and oxygen atoms in total. The lowest BCUT2D eigenvalue weighted by Gasteiger charge is -2.32. The Balaban J connectivity index is 1.53. The number of nitrogens with two attached hydrogens (primary N) is 1. The largest absolute Gasteiger partial charge is 0.370 e. The minimum atomic E-state index is 0.460. The zero-order valence-corrected chi connectivity index (χ0v) is 13.7. The van der Waals surface area contributed by atoms with E-state index in [0.29, 0.717) is 6.04 Å². The number of fused-ring (bicyclic) bond motifs is 1. The summed E-state index contributed by atoms with van der Waals surface area (Å²) in [7, 11) is 0. The molecule has 2 aliphatic rings. The van der Waals surface area contributed by atoms with Crippen molar-refractivity contribution in [2.45, 2.75) is 45.2 Å². The van der Waals surface area contributed by atoms with Crippen LogP contribution in [0.2, 0.25) is 0 Å². The highest BCUT2D eigenvalue weighted by atomic mass is 32.1. The smallest absolute Gasteiger partial charge is 0.191 e. The molecule has 3 rings (SSSR count). The number of rotatable bonds is 3. The van der Waals surface area contributed by atoms with Crippen LogP contribution in [-0.4, -0.2) is 48.0 Å². The van der Waals surface area contributed by atoms with E-state index in [1.165, 1.54) is 31.2 Å². The van der Waals surface area contributed by atoms with Gasteiger partial charge in [0.05, 0.1) is 6.54 Å². The first-order valence-electron chi connectivity index (χ1n) is 8.08. The molecule has 2 aliphatic heterocycles. The van der Waals surface area contributed by atoms with Crippen LogP contribution in [0.3, 0.4) is 0 Å². The summed E-state index contributed by atoms with van der Waals surface area (Å²) >= 11 is 1.90. The molecular weight excluding hydrogens is 280 g/mol. The van der Waals surface area contributed by atoms with Crippen molar-refractivity contribution in [3.63, 3.8) is 0 Å². The Morgan fingerprint density at radius 2 is 2.14 bits per heavy atom. The Kier molecular flexibility index (Phi) is 4.80. The van der Waals surface area contributed by atoms with Gasteiger partial charge in [0.25, 0.3) is 0 Å². The van der Waals surface area contributed by atoms with Crippen molar-refractivity contribution >= 4 is 17.3 Å². The van der Waals surface area contributed by atoms with Gasteiger partial charge in [-0.1, -0.05) is 0 Å². The van der Waals surface area contributed by atoms with Crippen molar-refractivity contribution < 1.29 is 0 Å². The number of aliphatic imine (C=N–C) groups is 1. The van der Waals surface area contributed by atoms with E-state index in [9.17, 15) is 0 Å². The summed E-state index contributed by atoms with van der Waals surface area (Å²) in [5, 5.41) is 2.21. The maximum absolute atomic E-state index is 6.15. The van der Waals surface area contributed by atoms with E-state index < -0.39 is 0 Å². The number of piperidine rings is 1. The van der Waals surface area contributed by atoms with Crippen LogP contribution < -0.4 is 5.73 Å². The fourth-order valence-corrected chi connectivity index (χ4v) is 4.10. The van der Waals surface area contributed by atoms with Gasteiger partial charge in [-0.2, -0.15) is 0 Å². The molecule has 0 spiro atoms. The quantitative estimate of drug-likeness (QED) is 0.688. The standard InChI is InChI=1S/C16H26N4S/c1-13(11-18-16(17)19-7-3-2-4-8-19)20-9-5-15-14(12-20)6-10-21-15/h6,10,13H,2-5,7-9,11-12H2,1H3,(H2,17,18). The molecule has 1 aromatic rings. The second-order valence-corrected chi connectivity index (χ2v) is 7.19. The molecule has 0 aliphatic carbocycles. The molecule has 1 aromatic heterocycles. The molecule has 3 heterocycles. The highest BCUT2D eigenvalue weighted by Crippen LogP contribution is 2.25. The van der Waals surface area contributed by atoms with E-state index in [1.54, 1.807) is 4.88 Å². The third-order valence-corrected chi connectivity index (χ3v) is 5.68. The first kappa shape index (κ1) is 14.9. The molecule has 1 atom stereocenters. The molecule has 0 amide bonds. The number of hydrogen-bond donors (Lipinski definition) is 1. The van der Waals surface area contributed by atoms with Crippen LogP contribution in [-0.2, 0) is 13.0 Å². The van der Waals surface area contributed by atoms with Crippen LogP contribution in [0.15, 0.2) is 16.4 Å². The zero-order chi connectivity index (χ0) is 14.7. The summed E-state index contributed by atoms with van der Waals surface area (Å²) in [6.07, 6.45) is 5.01. The third-order valence-electron chi connectivity index (χ3n) is 4.66. The van der Waals surface area contributed by atoms with Gasteiger partial charge in [0.1, 0.15) is 0 Å². The average Bonchev–Trinajstić information content (AvgIpc) is 3.00. The molecule has 0 bridgehead atoms. The van der Waals surface area contributed by atoms with Crippen LogP contribution in [0, 0.1) is 0 Å². The van der Waals surface area contributed by atoms with Crippen LogP contribution in [0.1, 0.15) is 36.6 Å². The van der Waals surface area contributed by atoms with E-state index >= 15 is 0 Å². The molecule has 5 heteroatoms. The highest BCUT2D eigenvalue weighted by molar-refractivity contribution is 7.10. The van der Waals surface area contributed by atoms with Gasteiger partial charge >= 0.3 is 0 Å². The molecule has 21 heavy (non-hydrogen) atoms. The fourth-order valence-electron chi connectivity index (χ4n) is 3.21. The van der Waals surface area contributed by atoms with Gasteiger partial charge in [-0.25, -0.2) is 0 Å². The lowest BCUT2D eigenvalue weighted by atomic mass is 10.1. The Morgan fingerprint density at radius 1 is 1.33 bits per heavy atom. The lowest BCUT2D eigenvalue weighted by Crippen LogP contribution is -2.43. The normalized spacial score (nSPS) is 22.1. The first-order chi connectivity index (χ1) is 10.2. The monoisotopic (exact) mass is 306 g/mol. The Bertz CT molecular complexity index is 490. The summed E-state index contributed by atoms with van der Waals surface area (Å²) in [5.41, 5.74) is 7.65. The summed E-state index contributed by atoms with van der Waals surface area (Å²) < 4.78 is 0. The summed E-state index contributed by atoms with van der Waals surface area (Å²) in [4.78, 5) is 11.0. The van der Waals surface area contributed by atoms with Gasteiger partial charge in [-0.15, -0.1) is 11.3 Å². The molecule has 0 saturated carbocycles. The van der Waals surface area contributed by atoms with Crippen molar-refractivity contribution in [1.29, 1.82) is 0 Å². The molecule has 2 N–H and O–H groups in total. The second kappa shape index (κ2) is 6.79. The maximum atomic E-state index is 6.15. The molecule has 1 fully saturated rings.